The second-order valence-electron chi connectivity index (χ2n) is 2.87. The molecule has 0 saturated carbocycles. The zero-order valence-electron chi connectivity index (χ0n) is 7.96. The van der Waals surface area contributed by atoms with E-state index >= 15 is 0 Å². The average molecular weight is 154 g/mol. The summed E-state index contributed by atoms with van der Waals surface area (Å²) in [4.78, 5) is 8.23. The first-order valence-electron chi connectivity index (χ1n) is 4.35. The lowest BCUT2D eigenvalue weighted by atomic mass is 10.3. The lowest BCUT2D eigenvalue weighted by molar-refractivity contribution is 0.704. The topological polar surface area (TPSA) is 24.7 Å². The summed E-state index contributed by atoms with van der Waals surface area (Å²) >= 11 is 0. The Balaban J connectivity index is 3.79. The summed E-state index contributed by atoms with van der Waals surface area (Å²) in [7, 11) is 0. The van der Waals surface area contributed by atoms with Crippen LogP contribution in [0.5, 0.6) is 0 Å². The highest BCUT2D eigenvalue weighted by molar-refractivity contribution is 5.41. The number of aliphatic imine (C=N–C) groups is 2. The van der Waals surface area contributed by atoms with E-state index in [2.05, 4.69) is 43.7 Å². The molecule has 0 spiro atoms. The third-order valence-corrected chi connectivity index (χ3v) is 1.74. The molecule has 0 aliphatic carbocycles. The predicted molar refractivity (Wildman–Crippen MR) is 49.4 cm³/mol. The van der Waals surface area contributed by atoms with Crippen molar-refractivity contribution in [1.82, 2.24) is 0 Å². The van der Waals surface area contributed by atoms with Crippen molar-refractivity contribution in [1.29, 1.82) is 0 Å². The minimum Gasteiger partial charge on any atom is -0.223 e. The summed E-state index contributed by atoms with van der Waals surface area (Å²) in [5, 5.41) is 0. The maximum absolute atomic E-state index is 4.11. The molecular weight excluding hydrogens is 136 g/mol. The van der Waals surface area contributed by atoms with Crippen LogP contribution in [-0.4, -0.2) is 18.1 Å². The Hall–Kier alpha value is -0.620. The van der Waals surface area contributed by atoms with Crippen molar-refractivity contribution in [3.63, 3.8) is 0 Å². The lowest BCUT2D eigenvalue weighted by Crippen LogP contribution is -1.95. The monoisotopic (exact) mass is 154 g/mol. The van der Waals surface area contributed by atoms with Gasteiger partial charge in [-0.3, -0.25) is 0 Å². The Kier molecular flexibility index (Phi) is 5.77. The van der Waals surface area contributed by atoms with Gasteiger partial charge in [0.1, 0.15) is 0 Å². The van der Waals surface area contributed by atoms with Crippen LogP contribution in [0.15, 0.2) is 9.98 Å². The minimum absolute atomic E-state index is 0.364. The van der Waals surface area contributed by atoms with Crippen LogP contribution in [0, 0.1) is 0 Å². The van der Waals surface area contributed by atoms with Gasteiger partial charge < -0.3 is 0 Å². The Morgan fingerprint density at radius 1 is 1.00 bits per heavy atom. The van der Waals surface area contributed by atoms with Gasteiger partial charge in [0.15, 0.2) is 0 Å². The summed E-state index contributed by atoms with van der Waals surface area (Å²) in [6, 6.07) is 3.46. The summed E-state index contributed by atoms with van der Waals surface area (Å²) in [6.45, 7) is 8.36. The number of nitrogens with zero attached hydrogens (tertiary/aromatic N) is 2. The maximum atomic E-state index is 4.11. The molecular formula is C9H18N2. The lowest BCUT2D eigenvalue weighted by Gasteiger charge is -1.97. The van der Waals surface area contributed by atoms with Crippen LogP contribution in [0.4, 0.5) is 0 Å². The van der Waals surface area contributed by atoms with E-state index in [1.807, 2.05) is 0 Å². The van der Waals surface area contributed by atoms with Crippen molar-refractivity contribution in [3.8, 4) is 0 Å². The molecule has 0 aromatic heterocycles. The zero-order valence-corrected chi connectivity index (χ0v) is 7.96. The molecule has 0 amide bonds. The van der Waals surface area contributed by atoms with Crippen molar-refractivity contribution < 1.29 is 0 Å². The van der Waals surface area contributed by atoms with Crippen LogP contribution in [-0.2, 0) is 0 Å². The van der Waals surface area contributed by atoms with Gasteiger partial charge in [0, 0.05) is 0 Å². The predicted octanol–water partition coefficient (Wildman–Crippen LogP) is 2.76. The molecule has 0 radical (unpaired) electrons. The molecule has 0 aromatic rings. The smallest absolute Gasteiger partial charge is 0.0898 e. The molecule has 0 aliphatic rings. The first kappa shape index (κ1) is 10.4. The molecule has 0 aliphatic heterocycles. The molecule has 2 atom stereocenters. The highest BCUT2D eigenvalue weighted by Gasteiger charge is 1.91. The van der Waals surface area contributed by atoms with Crippen LogP contribution in [0.25, 0.3) is 0 Å². The highest BCUT2D eigenvalue weighted by Crippen LogP contribution is 1.94. The van der Waals surface area contributed by atoms with Gasteiger partial charge in [-0.15, -0.1) is 0 Å². The maximum Gasteiger partial charge on any atom is 0.0898 e. The molecule has 0 rings (SSSR count). The fourth-order valence-corrected chi connectivity index (χ4v) is 0.413. The standard InChI is InChI=1S/C9H18N2/c1-5-8(3)10-7-11-9(4)6-2/h8-9H,5-6H2,1-4H3/t8-,9-/m1/s1. The van der Waals surface area contributed by atoms with Gasteiger partial charge in [0.25, 0.3) is 0 Å². The van der Waals surface area contributed by atoms with E-state index in [0.29, 0.717) is 12.1 Å². The van der Waals surface area contributed by atoms with Crippen molar-refractivity contribution in [3.05, 3.63) is 0 Å². The minimum atomic E-state index is 0.364. The van der Waals surface area contributed by atoms with Gasteiger partial charge in [-0.1, -0.05) is 13.8 Å². The second-order valence-corrected chi connectivity index (χ2v) is 2.87. The molecule has 0 aromatic carbocycles. The van der Waals surface area contributed by atoms with E-state index in [9.17, 15) is 0 Å². The van der Waals surface area contributed by atoms with Gasteiger partial charge in [0.2, 0.25) is 0 Å². The Morgan fingerprint density at radius 2 is 1.36 bits per heavy atom. The second kappa shape index (κ2) is 6.11. The van der Waals surface area contributed by atoms with Crippen molar-refractivity contribution in [2.75, 3.05) is 0 Å². The van der Waals surface area contributed by atoms with Gasteiger partial charge in [-0.2, -0.15) is 0 Å². The Bertz CT molecular complexity index is 132. The van der Waals surface area contributed by atoms with E-state index in [1.54, 1.807) is 0 Å². The molecule has 0 unspecified atom stereocenters. The van der Waals surface area contributed by atoms with Crippen molar-refractivity contribution >= 4 is 6.01 Å². The fourth-order valence-electron chi connectivity index (χ4n) is 0.413. The molecule has 2 nitrogen and oxygen atoms in total. The first-order chi connectivity index (χ1) is 5.20. The highest BCUT2D eigenvalue weighted by atomic mass is 14.8. The van der Waals surface area contributed by atoms with Gasteiger partial charge in [0.05, 0.1) is 18.1 Å². The zero-order chi connectivity index (χ0) is 8.69. The molecule has 64 valence electrons. The van der Waals surface area contributed by atoms with E-state index in [1.165, 1.54) is 0 Å². The van der Waals surface area contributed by atoms with Crippen LogP contribution in [0.1, 0.15) is 40.5 Å². The van der Waals surface area contributed by atoms with E-state index in [-0.39, 0.29) is 0 Å². The van der Waals surface area contributed by atoms with Crippen LogP contribution in [0.2, 0.25) is 0 Å². The largest absolute Gasteiger partial charge is 0.223 e. The van der Waals surface area contributed by atoms with Gasteiger partial charge in [-0.25, -0.2) is 9.98 Å². The molecule has 0 fully saturated rings. The quantitative estimate of drug-likeness (QED) is 0.556. The number of rotatable bonds is 4. The third kappa shape index (κ3) is 5.81. The molecule has 0 saturated heterocycles. The first-order valence-corrected chi connectivity index (χ1v) is 4.35. The van der Waals surface area contributed by atoms with Crippen LogP contribution < -0.4 is 0 Å². The average Bonchev–Trinajstić information content (AvgIpc) is 2.04. The summed E-state index contributed by atoms with van der Waals surface area (Å²) in [6.07, 6.45) is 2.12. The normalized spacial score (nSPS) is 14.9. The van der Waals surface area contributed by atoms with Crippen molar-refractivity contribution in [2.45, 2.75) is 52.6 Å². The van der Waals surface area contributed by atoms with E-state index in [0.717, 1.165) is 12.8 Å². The summed E-state index contributed by atoms with van der Waals surface area (Å²) in [5.41, 5.74) is 0. The Labute approximate surface area is 69.4 Å². The van der Waals surface area contributed by atoms with Crippen LogP contribution >= 0.6 is 0 Å². The summed E-state index contributed by atoms with van der Waals surface area (Å²) in [5.74, 6) is 0. The SMILES string of the molecule is CC[C@@H](C)N=C=N[C@H](C)CC. The molecule has 11 heavy (non-hydrogen) atoms. The van der Waals surface area contributed by atoms with E-state index in [4.69, 9.17) is 0 Å². The fraction of sp³-hybridized carbons (Fsp3) is 0.889. The number of hydrogen-bond acceptors (Lipinski definition) is 2. The summed E-state index contributed by atoms with van der Waals surface area (Å²) < 4.78 is 0. The number of hydrogen-bond donors (Lipinski definition) is 0. The molecule has 0 heterocycles. The molecule has 0 N–H and O–H groups in total. The molecule has 0 bridgehead atoms. The van der Waals surface area contributed by atoms with Crippen molar-refractivity contribution in [2.24, 2.45) is 9.98 Å². The molecule has 2 heteroatoms. The third-order valence-electron chi connectivity index (χ3n) is 1.74. The van der Waals surface area contributed by atoms with E-state index < -0.39 is 0 Å². The van der Waals surface area contributed by atoms with Gasteiger partial charge in [-0.05, 0) is 26.7 Å². The van der Waals surface area contributed by atoms with Gasteiger partial charge >= 0.3 is 0 Å². The van der Waals surface area contributed by atoms with Crippen LogP contribution in [0.3, 0.4) is 0 Å². The Morgan fingerprint density at radius 3 is 1.64 bits per heavy atom.